The fourth-order valence-corrected chi connectivity index (χ4v) is 3.46. The maximum absolute atomic E-state index is 12.2. The molecule has 0 aliphatic rings. The van der Waals surface area contributed by atoms with Crippen molar-refractivity contribution in [1.29, 1.82) is 0 Å². The van der Waals surface area contributed by atoms with E-state index in [9.17, 15) is 9.59 Å². The van der Waals surface area contributed by atoms with Crippen LogP contribution in [0.25, 0.3) is 6.08 Å². The predicted octanol–water partition coefficient (Wildman–Crippen LogP) is 6.03. The Morgan fingerprint density at radius 2 is 1.74 bits per heavy atom. The standard InChI is InChI=1S/C28H27BrN2O4/c1-19(2)24-16-25(29)20(3)15-26(24)34-18-27(32)31-30-17-22-9-12-23(13-10-22)35-28(33)14-11-21-7-5-4-6-8-21/h4-17,19H,18H2,1-3H3,(H,31,32)/b14-11+,30-17-. The summed E-state index contributed by atoms with van der Waals surface area (Å²) in [6, 6.07) is 20.2. The summed E-state index contributed by atoms with van der Waals surface area (Å²) in [7, 11) is 0. The van der Waals surface area contributed by atoms with Gasteiger partial charge < -0.3 is 9.47 Å². The van der Waals surface area contributed by atoms with E-state index in [0.717, 1.165) is 26.7 Å². The molecule has 0 saturated heterocycles. The number of benzene rings is 3. The van der Waals surface area contributed by atoms with Gasteiger partial charge in [0.2, 0.25) is 0 Å². The molecule has 0 aliphatic carbocycles. The van der Waals surface area contributed by atoms with Gasteiger partial charge in [0, 0.05) is 10.5 Å². The molecule has 0 fully saturated rings. The number of halogens is 1. The number of carbonyl (C=O) groups excluding carboxylic acids is 2. The van der Waals surface area contributed by atoms with Crippen molar-refractivity contribution in [2.45, 2.75) is 26.7 Å². The Kier molecular flexibility index (Phi) is 9.38. The van der Waals surface area contributed by atoms with Crippen LogP contribution in [0.3, 0.4) is 0 Å². The zero-order valence-electron chi connectivity index (χ0n) is 19.8. The molecular weight excluding hydrogens is 508 g/mol. The SMILES string of the molecule is Cc1cc(OCC(=O)N/N=C\c2ccc(OC(=O)/C=C/c3ccccc3)cc2)c(C(C)C)cc1Br. The monoisotopic (exact) mass is 534 g/mol. The smallest absolute Gasteiger partial charge is 0.336 e. The second-order valence-corrected chi connectivity index (χ2v) is 8.96. The molecule has 3 aromatic rings. The Hall–Kier alpha value is -3.71. The number of rotatable bonds is 9. The second-order valence-electron chi connectivity index (χ2n) is 8.11. The number of hydrogen-bond donors (Lipinski definition) is 1. The molecule has 0 aliphatic heterocycles. The highest BCUT2D eigenvalue weighted by atomic mass is 79.9. The summed E-state index contributed by atoms with van der Waals surface area (Å²) in [5, 5.41) is 3.97. The van der Waals surface area contributed by atoms with Crippen LogP contribution >= 0.6 is 15.9 Å². The summed E-state index contributed by atoms with van der Waals surface area (Å²) in [5.74, 6) is 0.512. The average molecular weight is 535 g/mol. The van der Waals surface area contributed by atoms with E-state index in [4.69, 9.17) is 9.47 Å². The zero-order valence-corrected chi connectivity index (χ0v) is 21.4. The van der Waals surface area contributed by atoms with Crippen molar-refractivity contribution in [3.05, 3.63) is 99.5 Å². The minimum Gasteiger partial charge on any atom is -0.483 e. The van der Waals surface area contributed by atoms with Gasteiger partial charge in [-0.1, -0.05) is 60.1 Å². The zero-order chi connectivity index (χ0) is 25.2. The topological polar surface area (TPSA) is 77.0 Å². The summed E-state index contributed by atoms with van der Waals surface area (Å²) in [6.07, 6.45) is 4.57. The minimum absolute atomic E-state index is 0.149. The molecule has 3 aromatic carbocycles. The van der Waals surface area contributed by atoms with Crippen LogP contribution in [0.1, 0.15) is 42.0 Å². The first-order valence-electron chi connectivity index (χ1n) is 11.1. The van der Waals surface area contributed by atoms with Crippen LogP contribution in [-0.2, 0) is 9.59 Å². The van der Waals surface area contributed by atoms with Crippen LogP contribution in [-0.4, -0.2) is 24.7 Å². The number of esters is 1. The summed E-state index contributed by atoms with van der Waals surface area (Å²) >= 11 is 3.54. The van der Waals surface area contributed by atoms with Crippen LogP contribution in [0.5, 0.6) is 11.5 Å². The lowest BCUT2D eigenvalue weighted by molar-refractivity contribution is -0.129. The van der Waals surface area contributed by atoms with E-state index in [0.29, 0.717) is 11.5 Å². The minimum atomic E-state index is -0.468. The highest BCUT2D eigenvalue weighted by Gasteiger charge is 2.12. The highest BCUT2D eigenvalue weighted by molar-refractivity contribution is 9.10. The number of ether oxygens (including phenoxy) is 2. The predicted molar refractivity (Wildman–Crippen MR) is 142 cm³/mol. The molecule has 0 saturated carbocycles. The van der Waals surface area contributed by atoms with Crippen LogP contribution in [0.2, 0.25) is 0 Å². The molecule has 35 heavy (non-hydrogen) atoms. The maximum atomic E-state index is 12.2. The van der Waals surface area contributed by atoms with Crippen molar-refractivity contribution in [3.63, 3.8) is 0 Å². The molecule has 0 unspecified atom stereocenters. The lowest BCUT2D eigenvalue weighted by atomic mass is 10.0. The van der Waals surface area contributed by atoms with Gasteiger partial charge in [-0.25, -0.2) is 10.2 Å². The molecule has 6 nitrogen and oxygen atoms in total. The fourth-order valence-electron chi connectivity index (χ4n) is 3.10. The van der Waals surface area contributed by atoms with E-state index in [1.807, 2.05) is 49.4 Å². The fraction of sp³-hybridized carbons (Fsp3) is 0.179. The first-order valence-corrected chi connectivity index (χ1v) is 11.9. The average Bonchev–Trinajstić information content (AvgIpc) is 2.85. The number of aryl methyl sites for hydroxylation is 1. The molecule has 1 amide bonds. The molecule has 0 heterocycles. The first-order chi connectivity index (χ1) is 16.8. The van der Waals surface area contributed by atoms with Crippen molar-refractivity contribution in [1.82, 2.24) is 5.43 Å². The van der Waals surface area contributed by atoms with Crippen LogP contribution in [0, 0.1) is 6.92 Å². The van der Waals surface area contributed by atoms with Crippen LogP contribution in [0.15, 0.2) is 82.4 Å². The molecular formula is C28H27BrN2O4. The summed E-state index contributed by atoms with van der Waals surface area (Å²) in [4.78, 5) is 24.1. The van der Waals surface area contributed by atoms with E-state index in [-0.39, 0.29) is 18.4 Å². The van der Waals surface area contributed by atoms with E-state index in [1.165, 1.54) is 12.3 Å². The van der Waals surface area contributed by atoms with Crippen molar-refractivity contribution < 1.29 is 19.1 Å². The van der Waals surface area contributed by atoms with E-state index >= 15 is 0 Å². The lowest BCUT2D eigenvalue weighted by Crippen LogP contribution is -2.25. The number of carbonyl (C=O) groups is 2. The molecule has 0 bridgehead atoms. The molecule has 1 N–H and O–H groups in total. The Morgan fingerprint density at radius 1 is 1.03 bits per heavy atom. The number of hydrazone groups is 1. The molecule has 0 radical (unpaired) electrons. The number of amides is 1. The molecule has 3 rings (SSSR count). The number of nitrogens with zero attached hydrogens (tertiary/aromatic N) is 1. The van der Waals surface area contributed by atoms with Gasteiger partial charge in [-0.3, -0.25) is 4.79 Å². The second kappa shape index (κ2) is 12.7. The van der Waals surface area contributed by atoms with E-state index in [2.05, 4.69) is 40.3 Å². The first kappa shape index (κ1) is 25.9. The van der Waals surface area contributed by atoms with Crippen LogP contribution in [0.4, 0.5) is 0 Å². The van der Waals surface area contributed by atoms with Gasteiger partial charge in [-0.05, 0) is 77.6 Å². The normalized spacial score (nSPS) is 11.2. The molecule has 7 heteroatoms. The van der Waals surface area contributed by atoms with Crippen LogP contribution < -0.4 is 14.9 Å². The molecule has 180 valence electrons. The van der Waals surface area contributed by atoms with E-state index in [1.54, 1.807) is 30.3 Å². The molecule has 0 aromatic heterocycles. The van der Waals surface area contributed by atoms with Gasteiger partial charge in [0.25, 0.3) is 5.91 Å². The van der Waals surface area contributed by atoms with Crippen molar-refractivity contribution in [2.75, 3.05) is 6.61 Å². The van der Waals surface area contributed by atoms with Gasteiger partial charge in [-0.2, -0.15) is 5.10 Å². The van der Waals surface area contributed by atoms with Crippen molar-refractivity contribution in [3.8, 4) is 11.5 Å². The van der Waals surface area contributed by atoms with Gasteiger partial charge in [0.05, 0.1) is 6.21 Å². The molecule has 0 atom stereocenters. The Bertz CT molecular complexity index is 1220. The Balaban J connectivity index is 1.47. The maximum Gasteiger partial charge on any atom is 0.336 e. The summed E-state index contributed by atoms with van der Waals surface area (Å²) < 4.78 is 12.0. The largest absolute Gasteiger partial charge is 0.483 e. The summed E-state index contributed by atoms with van der Waals surface area (Å²) in [5.41, 5.74) is 6.16. The third-order valence-electron chi connectivity index (χ3n) is 4.98. The quantitative estimate of drug-likeness (QED) is 0.119. The van der Waals surface area contributed by atoms with Gasteiger partial charge >= 0.3 is 5.97 Å². The highest BCUT2D eigenvalue weighted by Crippen LogP contribution is 2.32. The Morgan fingerprint density at radius 3 is 2.43 bits per heavy atom. The number of nitrogens with one attached hydrogen (secondary N) is 1. The Labute approximate surface area is 213 Å². The van der Waals surface area contributed by atoms with Gasteiger partial charge in [-0.15, -0.1) is 0 Å². The van der Waals surface area contributed by atoms with Gasteiger partial charge in [0.1, 0.15) is 11.5 Å². The summed E-state index contributed by atoms with van der Waals surface area (Å²) in [6.45, 7) is 5.96. The van der Waals surface area contributed by atoms with Crippen molar-refractivity contribution in [2.24, 2.45) is 5.10 Å². The van der Waals surface area contributed by atoms with Crippen molar-refractivity contribution >= 4 is 40.1 Å². The van der Waals surface area contributed by atoms with Gasteiger partial charge in [0.15, 0.2) is 6.61 Å². The number of hydrogen-bond acceptors (Lipinski definition) is 5. The third-order valence-corrected chi connectivity index (χ3v) is 5.84. The lowest BCUT2D eigenvalue weighted by Gasteiger charge is -2.15. The van der Waals surface area contributed by atoms with E-state index < -0.39 is 5.97 Å². The molecule has 0 spiro atoms. The third kappa shape index (κ3) is 8.22.